The highest BCUT2D eigenvalue weighted by atomic mass is 16.5. The molecule has 0 saturated heterocycles. The van der Waals surface area contributed by atoms with Gasteiger partial charge in [-0.1, -0.05) is 5.16 Å². The van der Waals surface area contributed by atoms with E-state index in [9.17, 15) is 0 Å². The number of methoxy groups -OCH3 is 1. The lowest BCUT2D eigenvalue weighted by atomic mass is 10.3. The summed E-state index contributed by atoms with van der Waals surface area (Å²) < 4.78 is 10.3. The Labute approximate surface area is 93.7 Å². The summed E-state index contributed by atoms with van der Waals surface area (Å²) in [6.07, 6.45) is 2.35. The molecule has 1 rings (SSSR count). The molecule has 0 aliphatic heterocycles. The molecule has 16 heavy (non-hydrogen) atoms. The first-order valence-corrected chi connectivity index (χ1v) is 4.83. The number of hydrogen-bond acceptors (Lipinski definition) is 5. The number of aromatic nitrogens is 1. The number of nitrogens with two attached hydrogens (primary N) is 1. The first-order chi connectivity index (χ1) is 7.77. The molecule has 0 aromatic carbocycles. The molecule has 0 aliphatic rings. The van der Waals surface area contributed by atoms with Crippen LogP contribution < -0.4 is 10.5 Å². The fourth-order valence-electron chi connectivity index (χ4n) is 1.06. The van der Waals surface area contributed by atoms with Crippen molar-refractivity contribution in [2.24, 2.45) is 10.9 Å². The van der Waals surface area contributed by atoms with Crippen LogP contribution >= 0.6 is 0 Å². The summed E-state index contributed by atoms with van der Waals surface area (Å²) in [6.45, 7) is 1.23. The topological polar surface area (TPSA) is 90.0 Å². The summed E-state index contributed by atoms with van der Waals surface area (Å²) in [7, 11) is 1.65. The Kier molecular flexibility index (Phi) is 5.07. The Morgan fingerprint density at radius 2 is 2.31 bits per heavy atom. The van der Waals surface area contributed by atoms with Gasteiger partial charge in [-0.2, -0.15) is 0 Å². The van der Waals surface area contributed by atoms with E-state index in [0.717, 1.165) is 6.42 Å². The maximum Gasteiger partial charge on any atom is 0.188 e. The molecule has 0 atom stereocenters. The lowest BCUT2D eigenvalue weighted by Crippen LogP contribution is -2.14. The summed E-state index contributed by atoms with van der Waals surface area (Å²) in [4.78, 5) is 3.98. The molecule has 88 valence electrons. The minimum absolute atomic E-state index is 0.0223. The minimum atomic E-state index is -0.0223. The van der Waals surface area contributed by atoms with E-state index in [-0.39, 0.29) is 5.84 Å². The molecule has 1 heterocycles. The Morgan fingerprint density at radius 1 is 1.50 bits per heavy atom. The second kappa shape index (κ2) is 6.62. The maximum absolute atomic E-state index is 8.44. The highest BCUT2D eigenvalue weighted by molar-refractivity contribution is 5.95. The van der Waals surface area contributed by atoms with Gasteiger partial charge in [0.1, 0.15) is 11.4 Å². The Morgan fingerprint density at radius 3 is 2.88 bits per heavy atom. The van der Waals surface area contributed by atoms with Crippen molar-refractivity contribution in [1.82, 2.24) is 4.98 Å². The SMILES string of the molecule is COCCCOc1ccc(/C(N)=N/O)nc1. The van der Waals surface area contributed by atoms with Crippen LogP contribution in [0.1, 0.15) is 12.1 Å². The maximum atomic E-state index is 8.44. The van der Waals surface area contributed by atoms with Gasteiger partial charge in [0.25, 0.3) is 0 Å². The molecule has 0 aliphatic carbocycles. The summed E-state index contributed by atoms with van der Waals surface area (Å²) in [6, 6.07) is 3.34. The number of ether oxygens (including phenoxy) is 2. The number of amidine groups is 1. The van der Waals surface area contributed by atoms with Gasteiger partial charge in [0.15, 0.2) is 5.84 Å². The van der Waals surface area contributed by atoms with E-state index in [1.165, 1.54) is 6.20 Å². The number of rotatable bonds is 6. The predicted octanol–water partition coefficient (Wildman–Crippen LogP) is 0.591. The Hall–Kier alpha value is -1.82. The van der Waals surface area contributed by atoms with E-state index in [1.807, 2.05) is 0 Å². The first kappa shape index (κ1) is 12.3. The van der Waals surface area contributed by atoms with Crippen LogP contribution in [0.5, 0.6) is 5.75 Å². The van der Waals surface area contributed by atoms with Crippen LogP contribution in [-0.2, 0) is 4.74 Å². The molecule has 0 radical (unpaired) electrons. The Bertz CT molecular complexity index is 338. The van der Waals surface area contributed by atoms with Gasteiger partial charge in [-0.3, -0.25) is 0 Å². The third-order valence-corrected chi connectivity index (χ3v) is 1.87. The average Bonchev–Trinajstić information content (AvgIpc) is 2.34. The van der Waals surface area contributed by atoms with Crippen molar-refractivity contribution >= 4 is 5.84 Å². The van der Waals surface area contributed by atoms with E-state index in [1.54, 1.807) is 19.2 Å². The van der Waals surface area contributed by atoms with Gasteiger partial charge < -0.3 is 20.4 Å². The van der Waals surface area contributed by atoms with E-state index < -0.39 is 0 Å². The van der Waals surface area contributed by atoms with E-state index in [4.69, 9.17) is 20.4 Å². The van der Waals surface area contributed by atoms with Crippen molar-refractivity contribution in [2.75, 3.05) is 20.3 Å². The highest BCUT2D eigenvalue weighted by Crippen LogP contribution is 2.09. The van der Waals surface area contributed by atoms with Gasteiger partial charge in [0.05, 0.1) is 12.8 Å². The molecule has 0 bridgehead atoms. The van der Waals surface area contributed by atoms with Crippen LogP contribution in [0.3, 0.4) is 0 Å². The molecule has 6 heteroatoms. The van der Waals surface area contributed by atoms with Crippen molar-refractivity contribution in [3.8, 4) is 5.75 Å². The average molecular weight is 225 g/mol. The minimum Gasteiger partial charge on any atom is -0.492 e. The van der Waals surface area contributed by atoms with E-state index >= 15 is 0 Å². The van der Waals surface area contributed by atoms with Crippen molar-refractivity contribution in [3.05, 3.63) is 24.0 Å². The van der Waals surface area contributed by atoms with Crippen LogP contribution in [0.15, 0.2) is 23.5 Å². The summed E-state index contributed by atoms with van der Waals surface area (Å²) in [5.74, 6) is 0.622. The standard InChI is InChI=1S/C10H15N3O3/c1-15-5-2-6-16-8-3-4-9(12-7-8)10(11)13-14/h3-4,7,14H,2,5-6H2,1H3,(H2,11,13). The third kappa shape index (κ3) is 3.74. The smallest absolute Gasteiger partial charge is 0.188 e. The fourth-order valence-corrected chi connectivity index (χ4v) is 1.06. The number of hydrogen-bond donors (Lipinski definition) is 2. The molecule has 0 fully saturated rings. The van der Waals surface area contributed by atoms with Crippen molar-refractivity contribution in [2.45, 2.75) is 6.42 Å². The van der Waals surface area contributed by atoms with Crippen LogP contribution in [0.2, 0.25) is 0 Å². The third-order valence-electron chi connectivity index (χ3n) is 1.87. The lowest BCUT2D eigenvalue weighted by molar-refractivity contribution is 0.172. The zero-order valence-corrected chi connectivity index (χ0v) is 9.09. The van der Waals surface area contributed by atoms with Gasteiger partial charge in [-0.25, -0.2) is 4.98 Å². The monoisotopic (exact) mass is 225 g/mol. The zero-order chi connectivity index (χ0) is 11.8. The number of oxime groups is 1. The second-order valence-corrected chi connectivity index (χ2v) is 3.06. The van der Waals surface area contributed by atoms with Crippen molar-refractivity contribution in [3.63, 3.8) is 0 Å². The fraction of sp³-hybridized carbons (Fsp3) is 0.400. The molecule has 1 aromatic rings. The normalized spacial score (nSPS) is 11.4. The van der Waals surface area contributed by atoms with Crippen LogP contribution in [0.4, 0.5) is 0 Å². The summed E-state index contributed by atoms with van der Waals surface area (Å²) in [5.41, 5.74) is 5.77. The van der Waals surface area contributed by atoms with Crippen LogP contribution in [0.25, 0.3) is 0 Å². The van der Waals surface area contributed by atoms with Gasteiger partial charge in [-0.05, 0) is 12.1 Å². The van der Waals surface area contributed by atoms with Crippen molar-refractivity contribution < 1.29 is 14.7 Å². The molecule has 1 aromatic heterocycles. The Balaban J connectivity index is 2.45. The highest BCUT2D eigenvalue weighted by Gasteiger charge is 2.01. The van der Waals surface area contributed by atoms with Crippen LogP contribution in [0, 0.1) is 0 Å². The second-order valence-electron chi connectivity index (χ2n) is 3.06. The molecule has 0 saturated carbocycles. The molecule has 0 spiro atoms. The predicted molar refractivity (Wildman–Crippen MR) is 58.7 cm³/mol. The largest absolute Gasteiger partial charge is 0.492 e. The quantitative estimate of drug-likeness (QED) is 0.243. The van der Waals surface area contributed by atoms with Gasteiger partial charge in [0, 0.05) is 20.1 Å². The van der Waals surface area contributed by atoms with Crippen molar-refractivity contribution in [1.29, 1.82) is 0 Å². The molecular weight excluding hydrogens is 210 g/mol. The number of pyridine rings is 1. The molecule has 0 unspecified atom stereocenters. The molecule has 3 N–H and O–H groups in total. The molecule has 0 amide bonds. The van der Waals surface area contributed by atoms with Crippen LogP contribution in [-0.4, -0.2) is 36.4 Å². The van der Waals surface area contributed by atoms with E-state index in [2.05, 4.69) is 10.1 Å². The van der Waals surface area contributed by atoms with Gasteiger partial charge >= 0.3 is 0 Å². The first-order valence-electron chi connectivity index (χ1n) is 4.83. The summed E-state index contributed by atoms with van der Waals surface area (Å²) >= 11 is 0. The lowest BCUT2D eigenvalue weighted by Gasteiger charge is -2.05. The van der Waals surface area contributed by atoms with Gasteiger partial charge in [-0.15, -0.1) is 0 Å². The molecule has 6 nitrogen and oxygen atoms in total. The van der Waals surface area contributed by atoms with Gasteiger partial charge in [0.2, 0.25) is 0 Å². The number of nitrogens with zero attached hydrogens (tertiary/aromatic N) is 2. The molecular formula is C10H15N3O3. The van der Waals surface area contributed by atoms with E-state index in [0.29, 0.717) is 24.7 Å². The summed E-state index contributed by atoms with van der Waals surface area (Å²) in [5, 5.41) is 11.3. The zero-order valence-electron chi connectivity index (χ0n) is 9.09.